The number of nitrogens with zero attached hydrogens (tertiary/aromatic N) is 2. The zero-order valence-corrected chi connectivity index (χ0v) is 15.2. The summed E-state index contributed by atoms with van der Waals surface area (Å²) in [4.78, 5) is 17.9. The second kappa shape index (κ2) is 6.76. The Morgan fingerprint density at radius 1 is 1.24 bits per heavy atom. The second-order valence-electron chi connectivity index (χ2n) is 8.32. The summed E-state index contributed by atoms with van der Waals surface area (Å²) in [7, 11) is 0. The number of rotatable bonds is 2. The molecule has 0 bridgehead atoms. The predicted octanol–water partition coefficient (Wildman–Crippen LogP) is 1.80. The van der Waals surface area contributed by atoms with E-state index in [4.69, 9.17) is 0 Å². The Morgan fingerprint density at radius 3 is 2.80 bits per heavy atom. The van der Waals surface area contributed by atoms with Gasteiger partial charge in [0.1, 0.15) is 0 Å². The second-order valence-corrected chi connectivity index (χ2v) is 8.32. The van der Waals surface area contributed by atoms with E-state index in [2.05, 4.69) is 34.2 Å². The Labute approximate surface area is 150 Å². The fourth-order valence-electron chi connectivity index (χ4n) is 5.13. The molecule has 3 aliphatic heterocycles. The zero-order chi connectivity index (χ0) is 17.4. The fraction of sp³-hybridized carbons (Fsp3) is 0.750. The van der Waals surface area contributed by atoms with Gasteiger partial charge in [0, 0.05) is 38.0 Å². The Morgan fingerprint density at radius 2 is 2.04 bits per heavy atom. The first-order valence-corrected chi connectivity index (χ1v) is 9.83. The molecule has 0 aromatic heterocycles. The largest absolute Gasteiger partial charge is 0.393 e. The summed E-state index contributed by atoms with van der Waals surface area (Å²) in [6.07, 6.45) is 14.0. The molecule has 1 amide bonds. The summed E-state index contributed by atoms with van der Waals surface area (Å²) < 4.78 is 0. The number of carbonyl (C=O) groups excluding carboxylic acids is 1. The van der Waals surface area contributed by atoms with Crippen LogP contribution in [0.4, 0.5) is 0 Å². The Balaban J connectivity index is 1.45. The van der Waals surface area contributed by atoms with E-state index in [9.17, 15) is 9.90 Å². The Kier molecular flexibility index (Phi) is 4.63. The van der Waals surface area contributed by atoms with Gasteiger partial charge in [-0.1, -0.05) is 0 Å². The number of carbonyl (C=O) groups is 1. The van der Waals surface area contributed by atoms with Gasteiger partial charge in [0.05, 0.1) is 17.7 Å². The van der Waals surface area contributed by atoms with Crippen molar-refractivity contribution in [2.45, 2.75) is 70.2 Å². The zero-order valence-electron chi connectivity index (χ0n) is 15.2. The van der Waals surface area contributed by atoms with Crippen LogP contribution in [0.3, 0.4) is 0 Å². The monoisotopic (exact) mass is 344 g/mol. The van der Waals surface area contributed by atoms with Crippen molar-refractivity contribution in [1.82, 2.24) is 15.1 Å². The third-order valence-corrected chi connectivity index (χ3v) is 6.61. The molecule has 25 heavy (non-hydrogen) atoms. The first kappa shape index (κ1) is 17.1. The smallest absolute Gasteiger partial charge is 0.230 e. The third kappa shape index (κ3) is 3.24. The van der Waals surface area contributed by atoms with Crippen LogP contribution >= 0.6 is 0 Å². The van der Waals surface area contributed by atoms with Crippen LogP contribution in [0, 0.1) is 11.5 Å². The lowest BCUT2D eigenvalue weighted by atomic mass is 9.78. The number of hydrogen-bond acceptors (Lipinski definition) is 4. The molecule has 3 heterocycles. The quantitative estimate of drug-likeness (QED) is 0.802. The van der Waals surface area contributed by atoms with Gasteiger partial charge in [-0.05, 0) is 63.5 Å². The third-order valence-electron chi connectivity index (χ3n) is 6.61. The topological polar surface area (TPSA) is 55.8 Å². The minimum atomic E-state index is -0.192. The minimum absolute atomic E-state index is 0.162. The molecule has 5 nitrogen and oxygen atoms in total. The van der Waals surface area contributed by atoms with Gasteiger partial charge >= 0.3 is 0 Å². The van der Waals surface area contributed by atoms with E-state index in [-0.39, 0.29) is 17.7 Å². The van der Waals surface area contributed by atoms with Crippen LogP contribution in [0.1, 0.15) is 51.9 Å². The molecular formula is C20H30N3O2. The van der Waals surface area contributed by atoms with Crippen molar-refractivity contribution in [2.24, 2.45) is 5.41 Å². The first-order valence-electron chi connectivity index (χ1n) is 9.83. The molecule has 3 fully saturated rings. The molecule has 1 spiro atoms. The lowest BCUT2D eigenvalue weighted by Crippen LogP contribution is -2.55. The van der Waals surface area contributed by atoms with E-state index >= 15 is 0 Å². The standard InChI is InChI=1S/C20H30N3O2/c1-15-7-10-21-18(13-15)22-11-2-8-20(14-22)9-12-23(19(20)25)16-3-5-17(24)6-4-16/h10,13,16-18,21,24H,2-6,8-9,11-12,14H2,1H3/t16-,17-,18?,20-/m1/s1. The molecular weight excluding hydrogens is 314 g/mol. The van der Waals surface area contributed by atoms with Gasteiger partial charge in [-0.25, -0.2) is 0 Å². The van der Waals surface area contributed by atoms with Crippen LogP contribution in [0.2, 0.25) is 0 Å². The lowest BCUT2D eigenvalue weighted by Gasteiger charge is -2.43. The van der Waals surface area contributed by atoms with E-state index in [1.807, 2.05) is 6.20 Å². The van der Waals surface area contributed by atoms with Crippen molar-refractivity contribution in [3.05, 3.63) is 23.9 Å². The predicted molar refractivity (Wildman–Crippen MR) is 96.3 cm³/mol. The summed E-state index contributed by atoms with van der Waals surface area (Å²) in [5, 5.41) is 13.1. The number of piperidine rings is 1. The summed E-state index contributed by atoms with van der Waals surface area (Å²) in [6.45, 7) is 4.87. The molecule has 4 aliphatic rings. The maximum atomic E-state index is 13.3. The maximum absolute atomic E-state index is 13.3. The van der Waals surface area contributed by atoms with E-state index in [0.29, 0.717) is 11.9 Å². The number of aliphatic hydroxyl groups excluding tert-OH is 1. The van der Waals surface area contributed by atoms with Crippen molar-refractivity contribution in [1.29, 1.82) is 0 Å². The van der Waals surface area contributed by atoms with Gasteiger partial charge in [0.15, 0.2) is 0 Å². The maximum Gasteiger partial charge on any atom is 0.230 e. The number of aliphatic hydroxyl groups is 1. The SMILES string of the molecule is CC1=CC(N2CCC[C@@]3(CCN([C@H]4CC[C@H](O)CC4)C3=O)C2)NC=[C]1. The highest BCUT2D eigenvalue weighted by Gasteiger charge is 2.51. The molecule has 137 valence electrons. The van der Waals surface area contributed by atoms with Gasteiger partial charge in [0.2, 0.25) is 5.91 Å². The van der Waals surface area contributed by atoms with Crippen LogP contribution in [0.25, 0.3) is 0 Å². The number of nitrogens with one attached hydrogen (secondary N) is 1. The Hall–Kier alpha value is -1.33. The average Bonchev–Trinajstić information content (AvgIpc) is 2.92. The average molecular weight is 344 g/mol. The van der Waals surface area contributed by atoms with Crippen molar-refractivity contribution in [3.8, 4) is 0 Å². The molecule has 1 aliphatic carbocycles. The van der Waals surface area contributed by atoms with Gasteiger partial charge in [0.25, 0.3) is 0 Å². The number of dihydropyridines is 1. The summed E-state index contributed by atoms with van der Waals surface area (Å²) in [5.41, 5.74) is 0.964. The van der Waals surface area contributed by atoms with E-state index < -0.39 is 0 Å². The molecule has 2 saturated heterocycles. The highest BCUT2D eigenvalue weighted by molar-refractivity contribution is 5.85. The summed E-state index contributed by atoms with van der Waals surface area (Å²) >= 11 is 0. The molecule has 5 heteroatoms. The molecule has 4 rings (SSSR count). The van der Waals surface area contributed by atoms with Gasteiger partial charge < -0.3 is 15.3 Å². The molecule has 1 radical (unpaired) electrons. The molecule has 1 saturated carbocycles. The summed E-state index contributed by atoms with van der Waals surface area (Å²) in [5.74, 6) is 0.372. The molecule has 1 unspecified atom stereocenters. The van der Waals surface area contributed by atoms with Gasteiger partial charge in [-0.15, -0.1) is 0 Å². The van der Waals surface area contributed by atoms with E-state index in [1.54, 1.807) is 0 Å². The van der Waals surface area contributed by atoms with Crippen LogP contribution in [-0.4, -0.2) is 58.8 Å². The van der Waals surface area contributed by atoms with Crippen LogP contribution in [0.5, 0.6) is 0 Å². The number of likely N-dealkylation sites (tertiary alicyclic amines) is 2. The lowest BCUT2D eigenvalue weighted by molar-refractivity contribution is -0.142. The Bertz CT molecular complexity index is 579. The molecule has 0 aromatic rings. The van der Waals surface area contributed by atoms with Crippen molar-refractivity contribution >= 4 is 5.91 Å². The van der Waals surface area contributed by atoms with E-state index in [1.165, 1.54) is 0 Å². The van der Waals surface area contributed by atoms with Crippen molar-refractivity contribution in [3.63, 3.8) is 0 Å². The fourth-order valence-corrected chi connectivity index (χ4v) is 5.13. The van der Waals surface area contributed by atoms with Crippen molar-refractivity contribution in [2.75, 3.05) is 19.6 Å². The normalized spacial score (nSPS) is 39.6. The van der Waals surface area contributed by atoms with Crippen LogP contribution < -0.4 is 5.32 Å². The summed E-state index contributed by atoms with van der Waals surface area (Å²) in [6, 6.07) is 0.345. The van der Waals surface area contributed by atoms with Crippen molar-refractivity contribution < 1.29 is 9.90 Å². The van der Waals surface area contributed by atoms with Crippen LogP contribution in [0.15, 0.2) is 17.8 Å². The van der Waals surface area contributed by atoms with Gasteiger partial charge in [-0.2, -0.15) is 0 Å². The first-order chi connectivity index (χ1) is 12.1. The minimum Gasteiger partial charge on any atom is -0.393 e. The number of hydrogen-bond donors (Lipinski definition) is 2. The highest BCUT2D eigenvalue weighted by atomic mass is 16.3. The number of amides is 1. The van der Waals surface area contributed by atoms with Crippen LogP contribution in [-0.2, 0) is 4.79 Å². The van der Waals surface area contributed by atoms with Gasteiger partial charge in [-0.3, -0.25) is 9.69 Å². The number of allylic oxidation sites excluding steroid dienone is 2. The van der Waals surface area contributed by atoms with E-state index in [0.717, 1.165) is 70.2 Å². The highest BCUT2D eigenvalue weighted by Crippen LogP contribution is 2.43. The molecule has 0 aromatic carbocycles. The molecule has 2 atom stereocenters. The molecule has 2 N–H and O–H groups in total.